The monoisotopic (exact) mass is 382 g/mol. The molecular weight excluding hydrogens is 348 g/mol. The molecule has 2 nitrogen and oxygen atoms in total. The minimum absolute atomic E-state index is 0.0943. The molecule has 0 amide bonds. The number of epoxide rings is 1. The van der Waals surface area contributed by atoms with Crippen LogP contribution in [0.3, 0.4) is 0 Å². The normalized spacial score (nSPS) is 21.2. The molecule has 0 bridgehead atoms. The lowest BCUT2D eigenvalue weighted by Gasteiger charge is -2.35. The summed E-state index contributed by atoms with van der Waals surface area (Å²) >= 11 is 0. The number of benzene rings is 2. The second-order valence-electron chi connectivity index (χ2n) is 9.36. The van der Waals surface area contributed by atoms with Crippen molar-refractivity contribution in [1.82, 2.24) is 0 Å². The van der Waals surface area contributed by atoms with Gasteiger partial charge in [-0.1, -0.05) is 76.3 Å². The molecule has 0 aliphatic carbocycles. The first kappa shape index (κ1) is 20.3. The maximum Gasteiger partial charge on any atom is 0.0902 e. The van der Waals surface area contributed by atoms with E-state index < -0.39 is 8.07 Å². The second-order valence-corrected chi connectivity index (χ2v) is 14.9. The van der Waals surface area contributed by atoms with Gasteiger partial charge >= 0.3 is 0 Å². The molecule has 1 aliphatic rings. The molecular formula is C24H34O2Si. The lowest BCUT2D eigenvalue weighted by Crippen LogP contribution is -2.44. The lowest BCUT2D eigenvalue weighted by molar-refractivity contribution is 0.0643. The molecule has 1 aliphatic heterocycles. The van der Waals surface area contributed by atoms with Crippen LogP contribution in [0.2, 0.25) is 18.1 Å². The summed E-state index contributed by atoms with van der Waals surface area (Å²) < 4.78 is 12.3. The molecule has 146 valence electrons. The summed E-state index contributed by atoms with van der Waals surface area (Å²) in [5.74, 6) is 0. The van der Waals surface area contributed by atoms with E-state index in [-0.39, 0.29) is 6.10 Å². The third-order valence-electron chi connectivity index (χ3n) is 6.50. The van der Waals surface area contributed by atoms with Crippen LogP contribution in [0.1, 0.15) is 45.3 Å². The average molecular weight is 383 g/mol. The molecule has 0 saturated carbocycles. The molecule has 1 saturated heterocycles. The van der Waals surface area contributed by atoms with E-state index in [0.29, 0.717) is 23.5 Å². The Bertz CT molecular complexity index is 790. The van der Waals surface area contributed by atoms with E-state index in [1.165, 1.54) is 16.3 Å². The van der Waals surface area contributed by atoms with Gasteiger partial charge in [0.2, 0.25) is 0 Å². The van der Waals surface area contributed by atoms with E-state index in [9.17, 15) is 0 Å². The minimum atomic E-state index is -1.43. The zero-order valence-electron chi connectivity index (χ0n) is 17.5. The SMILES string of the molecule is C=CCO[C@@H](CC[C@@H]1O[C@H]1[Si](C)(C)C(C)(C)C)c1ccc2ccccc2c1. The van der Waals surface area contributed by atoms with Crippen molar-refractivity contribution in [3.63, 3.8) is 0 Å². The largest absolute Gasteiger partial charge is 0.373 e. The van der Waals surface area contributed by atoms with Crippen LogP contribution in [0.15, 0.2) is 55.1 Å². The average Bonchev–Trinajstić information content (AvgIpc) is 3.41. The maximum absolute atomic E-state index is 6.16. The van der Waals surface area contributed by atoms with Crippen molar-refractivity contribution in [3.8, 4) is 0 Å². The Kier molecular flexibility index (Phi) is 5.95. The molecule has 3 heteroatoms. The van der Waals surface area contributed by atoms with E-state index >= 15 is 0 Å². The first-order valence-electron chi connectivity index (χ1n) is 10.1. The molecule has 3 rings (SSSR count). The van der Waals surface area contributed by atoms with Gasteiger partial charge in [-0.2, -0.15) is 0 Å². The van der Waals surface area contributed by atoms with Crippen molar-refractivity contribution in [2.24, 2.45) is 0 Å². The van der Waals surface area contributed by atoms with Gasteiger partial charge in [-0.05, 0) is 40.3 Å². The molecule has 2 aromatic rings. The molecule has 3 atom stereocenters. The Morgan fingerprint density at radius 2 is 1.85 bits per heavy atom. The van der Waals surface area contributed by atoms with E-state index in [4.69, 9.17) is 9.47 Å². The molecule has 0 N–H and O–H groups in total. The third-order valence-corrected chi connectivity index (χ3v) is 12.3. The van der Waals surface area contributed by atoms with Crippen molar-refractivity contribution in [2.75, 3.05) is 6.61 Å². The topological polar surface area (TPSA) is 21.8 Å². The Balaban J connectivity index is 1.68. The van der Waals surface area contributed by atoms with Gasteiger partial charge in [0.25, 0.3) is 0 Å². The third kappa shape index (κ3) is 4.53. The van der Waals surface area contributed by atoms with E-state index in [1.807, 2.05) is 6.08 Å². The number of hydrogen-bond acceptors (Lipinski definition) is 2. The molecule has 1 heterocycles. The van der Waals surface area contributed by atoms with Crippen LogP contribution < -0.4 is 0 Å². The summed E-state index contributed by atoms with van der Waals surface area (Å²) in [6, 6.07) is 15.2. The Morgan fingerprint density at radius 3 is 2.52 bits per heavy atom. The summed E-state index contributed by atoms with van der Waals surface area (Å²) in [5, 5.41) is 2.90. The molecule has 2 aromatic carbocycles. The summed E-state index contributed by atoms with van der Waals surface area (Å²) in [6.07, 6.45) is 4.38. The second kappa shape index (κ2) is 7.90. The standard InChI is InChI=1S/C24H34O2Si/c1-7-16-25-21(20-13-12-18-10-8-9-11-19(18)17-20)14-15-22-23(26-22)27(5,6)24(2,3)4/h7-13,17,21-23H,1,14-16H2,2-6H3/t21-,22-,23-/m0/s1. The summed E-state index contributed by atoms with van der Waals surface area (Å²) in [5.41, 5.74) is 1.73. The number of hydrogen-bond donors (Lipinski definition) is 0. The van der Waals surface area contributed by atoms with Crippen LogP contribution in [0.25, 0.3) is 10.8 Å². The first-order chi connectivity index (χ1) is 12.7. The fourth-order valence-electron chi connectivity index (χ4n) is 3.68. The molecule has 27 heavy (non-hydrogen) atoms. The van der Waals surface area contributed by atoms with Crippen LogP contribution >= 0.6 is 0 Å². The van der Waals surface area contributed by atoms with Gasteiger partial charge in [0.05, 0.1) is 32.6 Å². The van der Waals surface area contributed by atoms with Crippen molar-refractivity contribution in [1.29, 1.82) is 0 Å². The maximum atomic E-state index is 6.16. The Hall–Kier alpha value is -1.42. The minimum Gasteiger partial charge on any atom is -0.373 e. The van der Waals surface area contributed by atoms with Gasteiger partial charge in [-0.15, -0.1) is 6.58 Å². The van der Waals surface area contributed by atoms with Crippen LogP contribution in [0.5, 0.6) is 0 Å². The van der Waals surface area contributed by atoms with E-state index in [1.54, 1.807) is 0 Å². The van der Waals surface area contributed by atoms with Crippen molar-refractivity contribution < 1.29 is 9.47 Å². The van der Waals surface area contributed by atoms with Crippen LogP contribution in [0, 0.1) is 0 Å². The zero-order valence-corrected chi connectivity index (χ0v) is 18.5. The van der Waals surface area contributed by atoms with E-state index in [0.717, 1.165) is 12.8 Å². The zero-order chi connectivity index (χ0) is 19.7. The van der Waals surface area contributed by atoms with Crippen LogP contribution in [-0.2, 0) is 9.47 Å². The summed E-state index contributed by atoms with van der Waals surface area (Å²) in [4.78, 5) is 0. The molecule has 1 fully saturated rings. The number of ether oxygens (including phenoxy) is 2. The quantitative estimate of drug-likeness (QED) is 0.288. The van der Waals surface area contributed by atoms with Gasteiger partial charge in [0.1, 0.15) is 0 Å². The summed E-state index contributed by atoms with van der Waals surface area (Å²) in [6.45, 7) is 16.4. The highest BCUT2D eigenvalue weighted by atomic mass is 28.3. The fourth-order valence-corrected chi connectivity index (χ4v) is 6.14. The summed E-state index contributed by atoms with van der Waals surface area (Å²) in [7, 11) is -1.43. The van der Waals surface area contributed by atoms with E-state index in [2.05, 4.69) is 82.9 Å². The highest BCUT2D eigenvalue weighted by Crippen LogP contribution is 2.47. The lowest BCUT2D eigenvalue weighted by atomic mass is 10.00. The van der Waals surface area contributed by atoms with Crippen molar-refractivity contribution in [3.05, 3.63) is 60.7 Å². The predicted molar refractivity (Wildman–Crippen MR) is 118 cm³/mol. The Labute approximate surface area is 165 Å². The van der Waals surface area contributed by atoms with Crippen molar-refractivity contribution >= 4 is 18.8 Å². The van der Waals surface area contributed by atoms with Gasteiger partial charge in [-0.25, -0.2) is 0 Å². The molecule has 0 unspecified atom stereocenters. The molecule has 0 aromatic heterocycles. The van der Waals surface area contributed by atoms with Gasteiger partial charge in [-0.3, -0.25) is 0 Å². The van der Waals surface area contributed by atoms with Crippen molar-refractivity contribution in [2.45, 2.75) is 69.7 Å². The number of rotatable bonds is 8. The van der Waals surface area contributed by atoms with Crippen LogP contribution in [0.4, 0.5) is 0 Å². The highest BCUT2D eigenvalue weighted by Gasteiger charge is 2.55. The molecule has 0 spiro atoms. The van der Waals surface area contributed by atoms with Crippen LogP contribution in [-0.4, -0.2) is 26.5 Å². The first-order valence-corrected chi connectivity index (χ1v) is 13.2. The highest BCUT2D eigenvalue weighted by molar-refractivity contribution is 6.82. The Morgan fingerprint density at radius 1 is 1.15 bits per heavy atom. The van der Waals surface area contributed by atoms with Gasteiger partial charge in [0, 0.05) is 0 Å². The molecule has 0 radical (unpaired) electrons. The smallest absolute Gasteiger partial charge is 0.0902 e. The van der Waals surface area contributed by atoms with Gasteiger partial charge in [0.15, 0.2) is 0 Å². The number of fused-ring (bicyclic) bond motifs is 1. The fraction of sp³-hybridized carbons (Fsp3) is 0.500. The predicted octanol–water partition coefficient (Wildman–Crippen LogP) is 6.68. The van der Waals surface area contributed by atoms with Gasteiger partial charge < -0.3 is 9.47 Å².